The van der Waals surface area contributed by atoms with Crippen LogP contribution in [-0.4, -0.2) is 77.5 Å². The molecule has 2 saturated heterocycles. The number of carbonyl (C=O) groups excluding carboxylic acids is 1. The summed E-state index contributed by atoms with van der Waals surface area (Å²) in [6, 6.07) is 2.93. The van der Waals surface area contributed by atoms with Crippen LogP contribution in [0.1, 0.15) is 38.1 Å². The molecule has 0 aromatic carbocycles. The molecular weight excluding hydrogens is 318 g/mol. The van der Waals surface area contributed by atoms with Crippen LogP contribution in [0.15, 0.2) is 12.3 Å². The van der Waals surface area contributed by atoms with Gasteiger partial charge in [-0.2, -0.15) is 5.10 Å². The highest BCUT2D eigenvalue weighted by molar-refractivity contribution is 5.91. The molecule has 0 spiro atoms. The highest BCUT2D eigenvalue weighted by Gasteiger charge is 2.29. The minimum atomic E-state index is 0.0716. The molecule has 7 heteroatoms. The summed E-state index contributed by atoms with van der Waals surface area (Å²) < 4.78 is 7.44. The van der Waals surface area contributed by atoms with Crippen LogP contribution in [-0.2, 0) is 9.53 Å². The van der Waals surface area contributed by atoms with Crippen molar-refractivity contribution in [2.75, 3.05) is 51.3 Å². The lowest BCUT2D eigenvalue weighted by Gasteiger charge is -2.32. The molecule has 1 N–H and O–H groups in total. The summed E-state index contributed by atoms with van der Waals surface area (Å²) in [6.07, 6.45) is 7.78. The van der Waals surface area contributed by atoms with E-state index >= 15 is 0 Å². The van der Waals surface area contributed by atoms with Crippen molar-refractivity contribution < 1.29 is 9.53 Å². The summed E-state index contributed by atoms with van der Waals surface area (Å²) in [4.78, 5) is 17.3. The van der Waals surface area contributed by atoms with E-state index in [0.29, 0.717) is 18.6 Å². The number of likely N-dealkylation sites (tertiary alicyclic amines) is 1. The Morgan fingerprint density at radius 2 is 1.96 bits per heavy atom. The number of carbonyl (C=O) groups is 1. The molecule has 3 fully saturated rings. The lowest BCUT2D eigenvalue weighted by molar-refractivity contribution is -0.117. The second-order valence-electron chi connectivity index (χ2n) is 7.47. The molecule has 3 aliphatic rings. The van der Waals surface area contributed by atoms with Gasteiger partial charge in [0.2, 0.25) is 5.91 Å². The van der Waals surface area contributed by atoms with Gasteiger partial charge in [-0.05, 0) is 19.3 Å². The summed E-state index contributed by atoms with van der Waals surface area (Å²) in [5.41, 5.74) is 0. The molecule has 7 nitrogen and oxygen atoms in total. The van der Waals surface area contributed by atoms with E-state index < -0.39 is 0 Å². The molecule has 138 valence electrons. The number of rotatable bonds is 5. The Balaban J connectivity index is 1.27. The van der Waals surface area contributed by atoms with Gasteiger partial charge in [-0.15, -0.1) is 0 Å². The number of nitrogens with one attached hydrogen (secondary N) is 1. The van der Waals surface area contributed by atoms with Gasteiger partial charge in [0.15, 0.2) is 0 Å². The molecular formula is C18H29N5O2. The van der Waals surface area contributed by atoms with Gasteiger partial charge < -0.3 is 10.1 Å². The van der Waals surface area contributed by atoms with Crippen LogP contribution in [0.25, 0.3) is 0 Å². The normalized spacial score (nSPS) is 26.3. The van der Waals surface area contributed by atoms with Gasteiger partial charge in [-0.25, -0.2) is 4.68 Å². The number of ether oxygens (including phenoxy) is 1. The maximum absolute atomic E-state index is 12.5. The largest absolute Gasteiger partial charge is 0.379 e. The summed E-state index contributed by atoms with van der Waals surface area (Å²) in [7, 11) is 0. The Labute approximate surface area is 149 Å². The molecule has 1 aromatic heterocycles. The smallest absolute Gasteiger partial charge is 0.239 e. The number of amides is 1. The molecule has 1 aliphatic carbocycles. The lowest BCUT2D eigenvalue weighted by Crippen LogP contribution is -2.45. The topological polar surface area (TPSA) is 62.6 Å². The fraction of sp³-hybridized carbons (Fsp3) is 0.778. The van der Waals surface area contributed by atoms with Crippen molar-refractivity contribution in [2.45, 2.75) is 44.2 Å². The zero-order chi connectivity index (χ0) is 17.1. The predicted molar refractivity (Wildman–Crippen MR) is 95.6 cm³/mol. The van der Waals surface area contributed by atoms with Crippen molar-refractivity contribution in [3.8, 4) is 0 Å². The Kier molecular flexibility index (Phi) is 5.33. The standard InChI is InChI=1S/C18H29N5O2/c24-18(20-17-5-7-19-23(17)15-3-1-2-4-15)14-21-8-6-16(13-21)22-9-11-25-12-10-22/h5,7,15-16H,1-4,6,8-14H2,(H,20,24). The van der Waals surface area contributed by atoms with Crippen LogP contribution in [0.3, 0.4) is 0 Å². The van der Waals surface area contributed by atoms with Gasteiger partial charge in [0.25, 0.3) is 0 Å². The quantitative estimate of drug-likeness (QED) is 0.871. The van der Waals surface area contributed by atoms with E-state index in [4.69, 9.17) is 4.74 Å². The van der Waals surface area contributed by atoms with Gasteiger partial charge in [-0.3, -0.25) is 14.6 Å². The zero-order valence-corrected chi connectivity index (χ0v) is 14.9. The average molecular weight is 347 g/mol. The number of hydrogen-bond donors (Lipinski definition) is 1. The fourth-order valence-electron chi connectivity index (χ4n) is 4.44. The monoisotopic (exact) mass is 347 g/mol. The third-order valence-electron chi connectivity index (χ3n) is 5.79. The van der Waals surface area contributed by atoms with Crippen molar-refractivity contribution in [1.82, 2.24) is 19.6 Å². The Hall–Kier alpha value is -1.44. The number of hydrogen-bond acceptors (Lipinski definition) is 5. The van der Waals surface area contributed by atoms with Crippen molar-refractivity contribution >= 4 is 11.7 Å². The summed E-state index contributed by atoms with van der Waals surface area (Å²) in [5.74, 6) is 0.920. The van der Waals surface area contributed by atoms with Crippen LogP contribution >= 0.6 is 0 Å². The van der Waals surface area contributed by atoms with E-state index in [9.17, 15) is 4.79 Å². The molecule has 1 aromatic rings. The lowest BCUT2D eigenvalue weighted by atomic mass is 10.2. The second kappa shape index (κ2) is 7.85. The zero-order valence-electron chi connectivity index (χ0n) is 14.9. The van der Waals surface area contributed by atoms with Crippen LogP contribution in [0.2, 0.25) is 0 Å². The van der Waals surface area contributed by atoms with Gasteiger partial charge in [0.05, 0.1) is 32.0 Å². The van der Waals surface area contributed by atoms with E-state index in [-0.39, 0.29) is 5.91 Å². The number of aromatic nitrogens is 2. The Morgan fingerprint density at radius 1 is 1.16 bits per heavy atom. The third kappa shape index (κ3) is 4.04. The fourth-order valence-corrected chi connectivity index (χ4v) is 4.44. The predicted octanol–water partition coefficient (Wildman–Crippen LogP) is 1.34. The summed E-state index contributed by atoms with van der Waals surface area (Å²) in [5, 5.41) is 7.50. The van der Waals surface area contributed by atoms with Crippen molar-refractivity contribution in [3.05, 3.63) is 12.3 Å². The molecule has 1 unspecified atom stereocenters. The summed E-state index contributed by atoms with van der Waals surface area (Å²) >= 11 is 0. The van der Waals surface area contributed by atoms with E-state index in [1.54, 1.807) is 6.20 Å². The summed E-state index contributed by atoms with van der Waals surface area (Å²) in [6.45, 7) is 6.16. The van der Waals surface area contributed by atoms with Crippen LogP contribution < -0.4 is 5.32 Å². The number of morpholine rings is 1. The van der Waals surface area contributed by atoms with Gasteiger partial charge in [0.1, 0.15) is 5.82 Å². The molecule has 25 heavy (non-hydrogen) atoms. The molecule has 1 amide bonds. The SMILES string of the molecule is O=C(CN1CCC(N2CCOCC2)C1)Nc1ccnn1C1CCCC1. The third-order valence-corrected chi connectivity index (χ3v) is 5.79. The van der Waals surface area contributed by atoms with Gasteiger partial charge >= 0.3 is 0 Å². The molecule has 0 bridgehead atoms. The van der Waals surface area contributed by atoms with Crippen LogP contribution in [0.4, 0.5) is 5.82 Å². The second-order valence-corrected chi connectivity index (χ2v) is 7.47. The van der Waals surface area contributed by atoms with E-state index in [1.165, 1.54) is 12.8 Å². The minimum Gasteiger partial charge on any atom is -0.379 e. The van der Waals surface area contributed by atoms with E-state index in [0.717, 1.165) is 64.5 Å². The minimum absolute atomic E-state index is 0.0716. The maximum Gasteiger partial charge on any atom is 0.239 e. The van der Waals surface area contributed by atoms with Gasteiger partial charge in [-0.1, -0.05) is 12.8 Å². The number of nitrogens with zero attached hydrogens (tertiary/aromatic N) is 4. The first-order valence-electron chi connectivity index (χ1n) is 9.67. The van der Waals surface area contributed by atoms with Crippen LogP contribution in [0.5, 0.6) is 0 Å². The van der Waals surface area contributed by atoms with E-state index in [2.05, 4.69) is 20.2 Å². The molecule has 1 atom stereocenters. The average Bonchev–Trinajstić information content (AvgIpc) is 3.37. The molecule has 0 radical (unpaired) electrons. The molecule has 2 aliphatic heterocycles. The maximum atomic E-state index is 12.5. The van der Waals surface area contributed by atoms with Crippen molar-refractivity contribution in [3.63, 3.8) is 0 Å². The first kappa shape index (κ1) is 17.0. The molecule has 4 rings (SSSR count). The van der Waals surface area contributed by atoms with Crippen LogP contribution in [0, 0.1) is 0 Å². The number of anilines is 1. The Morgan fingerprint density at radius 3 is 2.76 bits per heavy atom. The van der Waals surface area contributed by atoms with Crippen molar-refractivity contribution in [2.24, 2.45) is 0 Å². The highest BCUT2D eigenvalue weighted by Crippen LogP contribution is 2.31. The molecule has 3 heterocycles. The first-order chi connectivity index (χ1) is 12.3. The highest BCUT2D eigenvalue weighted by atomic mass is 16.5. The van der Waals surface area contributed by atoms with E-state index in [1.807, 2.05) is 10.7 Å². The Bertz CT molecular complexity index is 578. The molecule has 1 saturated carbocycles. The first-order valence-corrected chi connectivity index (χ1v) is 9.67. The van der Waals surface area contributed by atoms with Gasteiger partial charge in [0, 0.05) is 38.3 Å². The van der Waals surface area contributed by atoms with Crippen molar-refractivity contribution in [1.29, 1.82) is 0 Å².